The van der Waals surface area contributed by atoms with Crippen molar-refractivity contribution in [2.24, 2.45) is 5.92 Å². The van der Waals surface area contributed by atoms with E-state index < -0.39 is 0 Å². The van der Waals surface area contributed by atoms with Crippen LogP contribution in [0.15, 0.2) is 22.7 Å². The molecular weight excluding hydrogens is 337 g/mol. The van der Waals surface area contributed by atoms with Crippen molar-refractivity contribution in [1.82, 2.24) is 9.97 Å². The summed E-state index contributed by atoms with van der Waals surface area (Å²) in [5.74, 6) is 0.735. The summed E-state index contributed by atoms with van der Waals surface area (Å²) in [6, 6.07) is 4.40. The number of benzene rings is 1. The molecular formula is C21H28BN3O2. The maximum atomic E-state index is 5.87. The summed E-state index contributed by atoms with van der Waals surface area (Å²) in [5.41, 5.74) is 4.33. The van der Waals surface area contributed by atoms with Crippen LogP contribution >= 0.6 is 0 Å². The van der Waals surface area contributed by atoms with Gasteiger partial charge in [0.15, 0.2) is 13.6 Å². The zero-order chi connectivity index (χ0) is 18.6. The molecule has 6 heteroatoms. The molecule has 0 atom stereocenters. The van der Waals surface area contributed by atoms with Crippen LogP contribution in [0.5, 0.6) is 0 Å². The molecule has 2 saturated heterocycles. The van der Waals surface area contributed by atoms with Gasteiger partial charge in [-0.1, -0.05) is 17.3 Å². The summed E-state index contributed by atoms with van der Waals surface area (Å²) < 4.78 is 11.3. The molecule has 0 bridgehead atoms. The lowest BCUT2D eigenvalue weighted by Crippen LogP contribution is -2.36. The molecule has 2 radical (unpaired) electrons. The number of ether oxygens (including phenoxy) is 1. The molecule has 1 aromatic heterocycles. The smallest absolute Gasteiger partial charge is 0.182 e. The number of hydrogen-bond donors (Lipinski definition) is 0. The predicted octanol–water partition coefficient (Wildman–Crippen LogP) is 3.43. The number of anilines is 1. The molecule has 5 nitrogen and oxygen atoms in total. The van der Waals surface area contributed by atoms with E-state index in [0.29, 0.717) is 0 Å². The molecule has 3 heterocycles. The van der Waals surface area contributed by atoms with Crippen molar-refractivity contribution in [3.63, 3.8) is 0 Å². The first kappa shape index (κ1) is 18.6. The first-order valence-corrected chi connectivity index (χ1v) is 10.1. The molecule has 2 aliphatic heterocycles. The van der Waals surface area contributed by atoms with Gasteiger partial charge >= 0.3 is 0 Å². The monoisotopic (exact) mass is 365 g/mol. The fraction of sp³-hybridized carbons (Fsp3) is 0.571. The lowest BCUT2D eigenvalue weighted by atomic mass is 9.90. The van der Waals surface area contributed by atoms with Crippen LogP contribution < -0.4 is 4.90 Å². The fourth-order valence-corrected chi connectivity index (χ4v) is 4.24. The summed E-state index contributed by atoms with van der Waals surface area (Å²) in [4.78, 5) is 4.31. The zero-order valence-corrected chi connectivity index (χ0v) is 16.2. The molecule has 2 fully saturated rings. The largest absolute Gasteiger partial charge is 0.378 e. The molecule has 1 aromatic carbocycles. The second kappa shape index (κ2) is 8.49. The van der Waals surface area contributed by atoms with Crippen LogP contribution in [0.2, 0.25) is 0 Å². The minimum atomic E-state index is 0.735. The van der Waals surface area contributed by atoms with Gasteiger partial charge in [0.1, 0.15) is 0 Å². The van der Waals surface area contributed by atoms with Gasteiger partial charge in [0.25, 0.3) is 0 Å². The Labute approximate surface area is 162 Å². The van der Waals surface area contributed by atoms with E-state index >= 15 is 0 Å². The van der Waals surface area contributed by atoms with Crippen LogP contribution in [0.3, 0.4) is 0 Å². The molecule has 4 rings (SSSR count). The summed E-state index contributed by atoms with van der Waals surface area (Å²) in [6.45, 7) is 7.42. The second-order valence-corrected chi connectivity index (χ2v) is 7.62. The van der Waals surface area contributed by atoms with Gasteiger partial charge in [-0.05, 0) is 63.7 Å². The third-order valence-electron chi connectivity index (χ3n) is 5.85. The van der Waals surface area contributed by atoms with Gasteiger partial charge in [-0.3, -0.25) is 0 Å². The molecule has 0 saturated carbocycles. The Balaban J connectivity index is 1.56. The number of piperidine rings is 1. The molecule has 142 valence electrons. The van der Waals surface area contributed by atoms with E-state index in [2.05, 4.69) is 34.3 Å². The number of morpholine rings is 1. The van der Waals surface area contributed by atoms with Crippen molar-refractivity contribution in [3.8, 4) is 0 Å². The first-order valence-electron chi connectivity index (χ1n) is 10.1. The fourth-order valence-electron chi connectivity index (χ4n) is 4.24. The van der Waals surface area contributed by atoms with Crippen molar-refractivity contribution in [1.29, 1.82) is 0 Å². The van der Waals surface area contributed by atoms with Crippen molar-refractivity contribution in [3.05, 3.63) is 29.5 Å². The van der Waals surface area contributed by atoms with Gasteiger partial charge in [-0.2, -0.15) is 0 Å². The average molecular weight is 365 g/mol. The Morgan fingerprint density at radius 2 is 1.96 bits per heavy atom. The number of aryl methyl sites for hydroxylation is 1. The Kier molecular flexibility index (Phi) is 5.84. The summed E-state index contributed by atoms with van der Waals surface area (Å²) in [7, 11) is 5.87. The summed E-state index contributed by atoms with van der Waals surface area (Å²) in [6.07, 6.45) is 8.68. The molecule has 0 N–H and O–H groups in total. The SMILES string of the molecule is [B]N1CCC(CCc2noc3c(/C=C/C)c(N4CCOCC4)ccc23)CC1. The van der Waals surface area contributed by atoms with E-state index in [9.17, 15) is 0 Å². The number of aromatic nitrogens is 1. The van der Waals surface area contributed by atoms with Crippen LogP contribution in [-0.4, -0.2) is 57.3 Å². The Morgan fingerprint density at radius 3 is 2.70 bits per heavy atom. The molecule has 0 aliphatic carbocycles. The Bertz CT molecular complexity index is 790. The minimum absolute atomic E-state index is 0.735. The normalized spacial score (nSPS) is 20.1. The highest BCUT2D eigenvalue weighted by molar-refractivity contribution is 6.04. The highest BCUT2D eigenvalue weighted by Crippen LogP contribution is 2.33. The number of allylic oxidation sites excluding steroid dienone is 1. The summed E-state index contributed by atoms with van der Waals surface area (Å²) in [5, 5.41) is 5.59. The third kappa shape index (κ3) is 4.07. The van der Waals surface area contributed by atoms with Gasteiger partial charge in [0, 0.05) is 29.7 Å². The Hall–Kier alpha value is -1.79. The van der Waals surface area contributed by atoms with E-state index in [1.54, 1.807) is 0 Å². The average Bonchev–Trinajstić information content (AvgIpc) is 3.12. The third-order valence-corrected chi connectivity index (χ3v) is 5.85. The molecule has 27 heavy (non-hydrogen) atoms. The van der Waals surface area contributed by atoms with Gasteiger partial charge < -0.3 is 19.0 Å². The molecule has 2 aromatic rings. The molecule has 0 spiro atoms. The molecule has 0 amide bonds. The second-order valence-electron chi connectivity index (χ2n) is 7.62. The lowest BCUT2D eigenvalue weighted by molar-refractivity contribution is 0.122. The first-order chi connectivity index (χ1) is 13.3. The van der Waals surface area contributed by atoms with E-state index in [1.165, 1.54) is 18.5 Å². The van der Waals surface area contributed by atoms with Crippen molar-refractivity contribution in [2.75, 3.05) is 44.3 Å². The van der Waals surface area contributed by atoms with Crippen LogP contribution in [0.25, 0.3) is 17.0 Å². The van der Waals surface area contributed by atoms with E-state index in [1.807, 2.05) is 11.7 Å². The standard InChI is InChI=1S/C21H28BN3O2/c1-2-3-18-20(24-12-14-26-15-13-24)7-5-17-19(23-27-21(17)18)6-4-16-8-10-25(22)11-9-16/h2-3,5,7,16H,4,6,8-15H2,1H3/b3-2+. The predicted molar refractivity (Wildman–Crippen MR) is 110 cm³/mol. The number of nitrogens with zero attached hydrogens (tertiary/aromatic N) is 3. The summed E-state index contributed by atoms with van der Waals surface area (Å²) >= 11 is 0. The highest BCUT2D eigenvalue weighted by atomic mass is 16.5. The van der Waals surface area contributed by atoms with Crippen LogP contribution in [0.4, 0.5) is 5.69 Å². The minimum Gasteiger partial charge on any atom is -0.378 e. The zero-order valence-electron chi connectivity index (χ0n) is 16.2. The molecule has 2 aliphatic rings. The van der Waals surface area contributed by atoms with Crippen LogP contribution in [-0.2, 0) is 11.2 Å². The number of fused-ring (bicyclic) bond motifs is 1. The van der Waals surface area contributed by atoms with Gasteiger partial charge in [-0.25, -0.2) is 0 Å². The van der Waals surface area contributed by atoms with Gasteiger partial charge in [0.05, 0.1) is 18.9 Å². The van der Waals surface area contributed by atoms with E-state index in [-0.39, 0.29) is 0 Å². The number of hydrogen-bond acceptors (Lipinski definition) is 5. The topological polar surface area (TPSA) is 41.7 Å². The van der Waals surface area contributed by atoms with Crippen LogP contribution in [0, 0.1) is 5.92 Å². The molecule has 0 unspecified atom stereocenters. The van der Waals surface area contributed by atoms with Crippen LogP contribution in [0.1, 0.15) is 37.4 Å². The maximum absolute atomic E-state index is 5.87. The number of rotatable bonds is 5. The van der Waals surface area contributed by atoms with Crippen molar-refractivity contribution >= 4 is 30.7 Å². The van der Waals surface area contributed by atoms with E-state index in [0.717, 1.165) is 80.4 Å². The highest BCUT2D eigenvalue weighted by Gasteiger charge is 2.21. The van der Waals surface area contributed by atoms with E-state index in [4.69, 9.17) is 17.2 Å². The van der Waals surface area contributed by atoms with Gasteiger partial charge in [-0.15, -0.1) is 0 Å². The maximum Gasteiger partial charge on any atom is 0.182 e. The quantitative estimate of drug-likeness (QED) is 0.760. The van der Waals surface area contributed by atoms with Crippen molar-refractivity contribution < 1.29 is 9.26 Å². The van der Waals surface area contributed by atoms with Gasteiger partial charge in [0.2, 0.25) is 0 Å². The Morgan fingerprint density at radius 1 is 1.19 bits per heavy atom. The van der Waals surface area contributed by atoms with Crippen molar-refractivity contribution in [2.45, 2.75) is 32.6 Å². The lowest BCUT2D eigenvalue weighted by Gasteiger charge is -2.30.